The average molecular weight is 390 g/mol. The minimum Gasteiger partial charge on any atom is -0.456 e. The zero-order valence-corrected chi connectivity index (χ0v) is 15.6. The summed E-state index contributed by atoms with van der Waals surface area (Å²) < 4.78 is 4.84. The number of amides is 2. The van der Waals surface area contributed by atoms with E-state index in [2.05, 4.69) is 20.8 Å². The molecule has 2 N–H and O–H groups in total. The van der Waals surface area contributed by atoms with Gasteiger partial charge < -0.3 is 15.4 Å². The van der Waals surface area contributed by atoms with Crippen molar-refractivity contribution in [2.24, 2.45) is 0 Å². The Morgan fingerprint density at radius 2 is 1.85 bits per heavy atom. The fourth-order valence-electron chi connectivity index (χ4n) is 1.98. The maximum Gasteiger partial charge on any atom is 0.306 e. The molecule has 9 nitrogen and oxygen atoms in total. The van der Waals surface area contributed by atoms with Gasteiger partial charge in [0.25, 0.3) is 5.91 Å². The number of rotatable bonds is 8. The first-order valence-corrected chi connectivity index (χ1v) is 8.81. The molecule has 0 saturated carbocycles. The van der Waals surface area contributed by atoms with E-state index >= 15 is 0 Å². The lowest BCUT2D eigenvalue weighted by atomic mass is 10.1. The Morgan fingerprint density at radius 1 is 1.07 bits per heavy atom. The Bertz CT molecular complexity index is 865. The van der Waals surface area contributed by atoms with E-state index in [-0.39, 0.29) is 18.6 Å². The summed E-state index contributed by atoms with van der Waals surface area (Å²) in [6.07, 6.45) is -0.267. The Hall–Kier alpha value is -3.14. The maximum absolute atomic E-state index is 11.8. The molecule has 1 aromatic heterocycles. The van der Waals surface area contributed by atoms with Crippen LogP contribution >= 0.6 is 11.3 Å². The Balaban J connectivity index is 1.70. The van der Waals surface area contributed by atoms with E-state index in [0.717, 1.165) is 0 Å². The number of nitrogens with zero attached hydrogens (tertiary/aromatic N) is 2. The Kier molecular flexibility index (Phi) is 7.12. The Morgan fingerprint density at radius 3 is 2.52 bits per heavy atom. The van der Waals surface area contributed by atoms with Gasteiger partial charge in [0.1, 0.15) is 5.01 Å². The van der Waals surface area contributed by atoms with Crippen LogP contribution in [0.3, 0.4) is 0 Å². The fraction of sp³-hybridized carbons (Fsp3) is 0.294. The summed E-state index contributed by atoms with van der Waals surface area (Å²) in [6, 6.07) is 6.41. The van der Waals surface area contributed by atoms with Crippen LogP contribution in [-0.2, 0) is 19.1 Å². The van der Waals surface area contributed by atoms with E-state index in [0.29, 0.717) is 21.4 Å². The number of carbonyl (C=O) groups is 4. The molecule has 142 valence electrons. The van der Waals surface area contributed by atoms with Crippen LogP contribution in [0, 0.1) is 6.92 Å². The van der Waals surface area contributed by atoms with Crippen molar-refractivity contribution in [1.82, 2.24) is 10.2 Å². The van der Waals surface area contributed by atoms with Crippen molar-refractivity contribution in [1.29, 1.82) is 0 Å². The van der Waals surface area contributed by atoms with Gasteiger partial charge >= 0.3 is 5.97 Å². The van der Waals surface area contributed by atoms with Crippen LogP contribution in [0.1, 0.15) is 35.1 Å². The number of aromatic nitrogens is 2. The molecule has 0 saturated heterocycles. The van der Waals surface area contributed by atoms with Crippen LogP contribution in [0.4, 0.5) is 10.8 Å². The highest BCUT2D eigenvalue weighted by molar-refractivity contribution is 7.15. The van der Waals surface area contributed by atoms with Gasteiger partial charge in [-0.2, -0.15) is 0 Å². The summed E-state index contributed by atoms with van der Waals surface area (Å²) in [5.41, 5.74) is 0.886. The predicted molar refractivity (Wildman–Crippen MR) is 98.5 cm³/mol. The number of Topliss-reactive ketones (excluding diaryl/α,β-unsaturated/α-hetero) is 1. The number of esters is 1. The van der Waals surface area contributed by atoms with E-state index in [9.17, 15) is 19.2 Å². The highest BCUT2D eigenvalue weighted by Gasteiger charge is 2.12. The number of nitrogens with one attached hydrogen (secondary N) is 2. The van der Waals surface area contributed by atoms with Crippen molar-refractivity contribution >= 4 is 45.7 Å². The summed E-state index contributed by atoms with van der Waals surface area (Å²) >= 11 is 1.22. The molecule has 0 aliphatic carbocycles. The molecule has 2 aromatic rings. The van der Waals surface area contributed by atoms with E-state index in [4.69, 9.17) is 4.74 Å². The van der Waals surface area contributed by atoms with Crippen LogP contribution in [0.15, 0.2) is 24.3 Å². The summed E-state index contributed by atoms with van der Waals surface area (Å²) in [4.78, 5) is 46.5. The second kappa shape index (κ2) is 9.53. The average Bonchev–Trinajstić information content (AvgIpc) is 3.03. The molecule has 0 radical (unpaired) electrons. The molecule has 0 aliphatic rings. The van der Waals surface area contributed by atoms with Crippen molar-refractivity contribution in [3.63, 3.8) is 0 Å². The molecule has 1 heterocycles. The van der Waals surface area contributed by atoms with Gasteiger partial charge in [0.05, 0.1) is 6.42 Å². The van der Waals surface area contributed by atoms with Crippen LogP contribution in [0.25, 0.3) is 0 Å². The largest absolute Gasteiger partial charge is 0.456 e. The monoisotopic (exact) mass is 390 g/mol. The molecule has 2 amide bonds. The number of hydrogen-bond donors (Lipinski definition) is 2. The third-order valence-electron chi connectivity index (χ3n) is 3.25. The lowest BCUT2D eigenvalue weighted by Gasteiger charge is -2.07. The van der Waals surface area contributed by atoms with Gasteiger partial charge in [0, 0.05) is 17.7 Å². The van der Waals surface area contributed by atoms with Gasteiger partial charge in [0.2, 0.25) is 11.0 Å². The topological polar surface area (TPSA) is 127 Å². The zero-order valence-electron chi connectivity index (χ0n) is 14.8. The summed E-state index contributed by atoms with van der Waals surface area (Å²) in [5.74, 6) is -1.74. The smallest absolute Gasteiger partial charge is 0.306 e. The predicted octanol–water partition coefficient (Wildman–Crippen LogP) is 1.95. The van der Waals surface area contributed by atoms with Gasteiger partial charge in [-0.15, -0.1) is 10.2 Å². The molecule has 2 rings (SSSR count). The van der Waals surface area contributed by atoms with Crippen LogP contribution in [0.5, 0.6) is 0 Å². The minimum absolute atomic E-state index is 0.0975. The van der Waals surface area contributed by atoms with Crippen molar-refractivity contribution in [2.75, 3.05) is 17.2 Å². The lowest BCUT2D eigenvalue weighted by Crippen LogP contribution is -2.22. The molecular weight excluding hydrogens is 372 g/mol. The van der Waals surface area contributed by atoms with Crippen molar-refractivity contribution < 1.29 is 23.9 Å². The zero-order chi connectivity index (χ0) is 19.8. The molecule has 10 heteroatoms. The van der Waals surface area contributed by atoms with Crippen molar-refractivity contribution in [3.05, 3.63) is 34.8 Å². The highest BCUT2D eigenvalue weighted by Crippen LogP contribution is 2.14. The lowest BCUT2D eigenvalue weighted by molar-refractivity contribution is -0.147. The molecule has 0 atom stereocenters. The normalized spacial score (nSPS) is 10.1. The van der Waals surface area contributed by atoms with Crippen molar-refractivity contribution in [2.45, 2.75) is 26.7 Å². The number of anilines is 2. The molecule has 1 aromatic carbocycles. The molecule has 0 spiro atoms. The van der Waals surface area contributed by atoms with E-state index in [1.54, 1.807) is 25.1 Å². The van der Waals surface area contributed by atoms with E-state index < -0.39 is 24.4 Å². The molecule has 0 fully saturated rings. The van der Waals surface area contributed by atoms with E-state index in [1.165, 1.54) is 24.3 Å². The van der Waals surface area contributed by atoms with Crippen molar-refractivity contribution in [3.8, 4) is 0 Å². The van der Waals surface area contributed by atoms with Crippen LogP contribution < -0.4 is 10.6 Å². The van der Waals surface area contributed by atoms with Gasteiger partial charge in [-0.05, 0) is 26.0 Å². The van der Waals surface area contributed by atoms with E-state index in [1.807, 2.05) is 0 Å². The first-order chi connectivity index (χ1) is 12.8. The third kappa shape index (κ3) is 6.94. The second-order valence-electron chi connectivity index (χ2n) is 5.52. The van der Waals surface area contributed by atoms with Gasteiger partial charge in [-0.1, -0.05) is 23.5 Å². The summed E-state index contributed by atoms with van der Waals surface area (Å²) in [7, 11) is 0. The number of ether oxygens (including phenoxy) is 1. The van der Waals surface area contributed by atoms with Gasteiger partial charge in [-0.25, -0.2) is 0 Å². The standard InChI is InChI=1S/C17H18N4O5S/c1-10(22)12-4-3-5-13(8-12)18-15(24)9-26-16(25)7-6-14(23)19-17-21-20-11(2)27-17/h3-5,8H,6-7,9H2,1-2H3,(H,18,24)(H,19,21,23). The quantitative estimate of drug-likeness (QED) is 0.521. The summed E-state index contributed by atoms with van der Waals surface area (Å²) in [5, 5.41) is 13.6. The fourth-order valence-corrected chi connectivity index (χ4v) is 2.58. The first-order valence-electron chi connectivity index (χ1n) is 8.00. The van der Waals surface area contributed by atoms with Gasteiger partial charge in [-0.3, -0.25) is 19.2 Å². The number of carbonyl (C=O) groups excluding carboxylic acids is 4. The minimum atomic E-state index is -0.675. The number of hydrogen-bond acceptors (Lipinski definition) is 8. The maximum atomic E-state index is 11.8. The molecule has 0 unspecified atom stereocenters. The third-order valence-corrected chi connectivity index (χ3v) is 4.00. The number of aryl methyl sites for hydroxylation is 1. The molecule has 0 aliphatic heterocycles. The SMILES string of the molecule is CC(=O)c1cccc(NC(=O)COC(=O)CCC(=O)Nc2nnc(C)s2)c1. The second-order valence-corrected chi connectivity index (χ2v) is 6.70. The highest BCUT2D eigenvalue weighted by atomic mass is 32.1. The van der Waals surface area contributed by atoms with Crippen LogP contribution in [0.2, 0.25) is 0 Å². The Labute approximate surface area is 159 Å². The summed E-state index contributed by atoms with van der Waals surface area (Å²) in [6.45, 7) is 2.69. The van der Waals surface area contributed by atoms with Gasteiger partial charge in [0.15, 0.2) is 12.4 Å². The molecule has 0 bridgehead atoms. The molecule has 27 heavy (non-hydrogen) atoms. The van der Waals surface area contributed by atoms with Crippen LogP contribution in [-0.4, -0.2) is 40.4 Å². The first kappa shape index (κ1) is 20.2. The number of ketones is 1. The molecular formula is C17H18N4O5S. The number of benzene rings is 1.